The molecular formula is C23H24N6O3. The van der Waals surface area contributed by atoms with Gasteiger partial charge >= 0.3 is 6.09 Å². The lowest BCUT2D eigenvalue weighted by atomic mass is 10.1. The lowest BCUT2D eigenvalue weighted by Gasteiger charge is -2.27. The summed E-state index contributed by atoms with van der Waals surface area (Å²) in [5.74, 6) is 0.243. The molecule has 1 amide bonds. The van der Waals surface area contributed by atoms with Crippen LogP contribution in [0.5, 0.6) is 0 Å². The smallest absolute Gasteiger partial charge is 0.414 e. The standard InChI is InChI=1S/C23H24N6O3/c1-14-11-12-16-18(28(5)22(31)32-23(2,3)4)17(19-24-13-25-27-19)21(30)29(20(16)26-14)15-9-7-6-8-10-15/h6-13H,1-5H3,(H,24,25,27). The Labute approximate surface area is 184 Å². The summed E-state index contributed by atoms with van der Waals surface area (Å²) in [4.78, 5) is 37.0. The molecule has 0 saturated heterocycles. The fourth-order valence-corrected chi connectivity index (χ4v) is 3.47. The molecule has 0 saturated carbocycles. The molecule has 0 spiro atoms. The zero-order valence-corrected chi connectivity index (χ0v) is 18.6. The predicted molar refractivity (Wildman–Crippen MR) is 122 cm³/mol. The first-order valence-corrected chi connectivity index (χ1v) is 10.1. The largest absolute Gasteiger partial charge is 0.443 e. The van der Waals surface area contributed by atoms with E-state index in [1.54, 1.807) is 27.8 Å². The molecule has 0 aliphatic rings. The molecule has 9 nitrogen and oxygen atoms in total. The summed E-state index contributed by atoms with van der Waals surface area (Å²) in [5, 5.41) is 7.26. The van der Waals surface area contributed by atoms with E-state index in [9.17, 15) is 9.59 Å². The van der Waals surface area contributed by atoms with Crippen LogP contribution in [0.1, 0.15) is 26.5 Å². The lowest BCUT2D eigenvalue weighted by Crippen LogP contribution is -2.36. The Morgan fingerprint density at radius 3 is 2.47 bits per heavy atom. The molecule has 4 aromatic rings. The minimum absolute atomic E-state index is 0.192. The molecule has 1 aromatic carbocycles. The molecule has 9 heteroatoms. The van der Waals surface area contributed by atoms with Crippen molar-refractivity contribution in [2.75, 3.05) is 11.9 Å². The number of carbonyl (C=O) groups excluding carboxylic acids is 1. The molecule has 0 fully saturated rings. The summed E-state index contributed by atoms with van der Waals surface area (Å²) in [6.45, 7) is 7.20. The van der Waals surface area contributed by atoms with Crippen LogP contribution in [0.2, 0.25) is 0 Å². The molecule has 0 unspecified atom stereocenters. The van der Waals surface area contributed by atoms with E-state index in [-0.39, 0.29) is 16.9 Å². The van der Waals surface area contributed by atoms with Crippen molar-refractivity contribution >= 4 is 22.8 Å². The van der Waals surface area contributed by atoms with Gasteiger partial charge < -0.3 is 4.74 Å². The SMILES string of the molecule is Cc1ccc2c(N(C)C(=O)OC(C)(C)C)c(-c3ncn[nH]3)c(=O)n(-c3ccccc3)c2n1. The molecular weight excluding hydrogens is 408 g/mol. The van der Waals surface area contributed by atoms with Crippen molar-refractivity contribution in [3.8, 4) is 17.1 Å². The van der Waals surface area contributed by atoms with Crippen LogP contribution in [0.15, 0.2) is 53.6 Å². The van der Waals surface area contributed by atoms with E-state index >= 15 is 0 Å². The molecule has 3 aromatic heterocycles. The average molecular weight is 432 g/mol. The summed E-state index contributed by atoms with van der Waals surface area (Å²) >= 11 is 0. The fourth-order valence-electron chi connectivity index (χ4n) is 3.47. The molecule has 4 rings (SSSR count). The highest BCUT2D eigenvalue weighted by Gasteiger charge is 2.29. The maximum absolute atomic E-state index is 13.9. The number of carbonyl (C=O) groups is 1. The summed E-state index contributed by atoms with van der Waals surface area (Å²) in [7, 11) is 1.56. The number of aryl methyl sites for hydroxylation is 1. The Kier molecular flexibility index (Phi) is 5.25. The zero-order chi connectivity index (χ0) is 23.0. The molecule has 0 aliphatic heterocycles. The van der Waals surface area contributed by atoms with E-state index in [1.807, 2.05) is 49.4 Å². The van der Waals surface area contributed by atoms with Crippen LogP contribution < -0.4 is 10.5 Å². The number of rotatable bonds is 3. The van der Waals surface area contributed by atoms with Crippen LogP contribution in [-0.4, -0.2) is 43.5 Å². The van der Waals surface area contributed by atoms with Gasteiger partial charge in [0.1, 0.15) is 23.1 Å². The first-order chi connectivity index (χ1) is 15.2. The molecule has 0 bridgehead atoms. The van der Waals surface area contributed by atoms with E-state index in [0.717, 1.165) is 5.69 Å². The van der Waals surface area contributed by atoms with E-state index in [0.29, 0.717) is 22.4 Å². The molecule has 32 heavy (non-hydrogen) atoms. The molecule has 1 N–H and O–H groups in total. The second-order valence-electron chi connectivity index (χ2n) is 8.40. The number of anilines is 1. The van der Waals surface area contributed by atoms with Crippen molar-refractivity contribution in [3.05, 3.63) is 64.8 Å². The number of nitrogens with zero attached hydrogens (tertiary/aromatic N) is 5. The number of aromatic amines is 1. The number of para-hydroxylation sites is 1. The molecule has 0 aliphatic carbocycles. The first kappa shape index (κ1) is 21.2. The third kappa shape index (κ3) is 3.84. The van der Waals surface area contributed by atoms with Crippen LogP contribution in [0.25, 0.3) is 28.1 Å². The van der Waals surface area contributed by atoms with Crippen molar-refractivity contribution < 1.29 is 9.53 Å². The van der Waals surface area contributed by atoms with Crippen LogP contribution in [0.3, 0.4) is 0 Å². The summed E-state index contributed by atoms with van der Waals surface area (Å²) < 4.78 is 7.09. The third-order valence-corrected chi connectivity index (χ3v) is 4.80. The highest BCUT2D eigenvalue weighted by molar-refractivity contribution is 6.05. The molecule has 3 heterocycles. The maximum Gasteiger partial charge on any atom is 0.414 e. The van der Waals surface area contributed by atoms with Crippen LogP contribution in [0.4, 0.5) is 10.5 Å². The number of ether oxygens (including phenoxy) is 1. The highest BCUT2D eigenvalue weighted by atomic mass is 16.6. The number of hydrogen-bond donors (Lipinski definition) is 1. The van der Waals surface area contributed by atoms with Crippen molar-refractivity contribution in [2.24, 2.45) is 0 Å². The van der Waals surface area contributed by atoms with Crippen molar-refractivity contribution in [3.63, 3.8) is 0 Å². The Balaban J connectivity index is 2.11. The second-order valence-corrected chi connectivity index (χ2v) is 8.40. The second kappa shape index (κ2) is 7.92. The number of nitrogens with one attached hydrogen (secondary N) is 1. The Morgan fingerprint density at radius 2 is 1.84 bits per heavy atom. The van der Waals surface area contributed by atoms with E-state index in [2.05, 4.69) is 20.2 Å². The summed E-state index contributed by atoms with van der Waals surface area (Å²) in [6.07, 6.45) is 0.716. The normalized spacial score (nSPS) is 11.5. The zero-order valence-electron chi connectivity index (χ0n) is 18.6. The average Bonchev–Trinajstić information content (AvgIpc) is 3.26. The quantitative estimate of drug-likeness (QED) is 0.527. The number of fused-ring (bicyclic) bond motifs is 1. The van der Waals surface area contributed by atoms with Gasteiger partial charge in [-0.2, -0.15) is 5.10 Å². The van der Waals surface area contributed by atoms with Gasteiger partial charge in [-0.25, -0.2) is 14.8 Å². The van der Waals surface area contributed by atoms with Gasteiger partial charge in [0.25, 0.3) is 5.56 Å². The monoisotopic (exact) mass is 432 g/mol. The van der Waals surface area contributed by atoms with Gasteiger partial charge in [0.15, 0.2) is 5.82 Å². The topological polar surface area (TPSA) is 106 Å². The van der Waals surface area contributed by atoms with Crippen LogP contribution in [-0.2, 0) is 4.74 Å². The molecule has 0 radical (unpaired) electrons. The van der Waals surface area contributed by atoms with Gasteiger partial charge in [-0.3, -0.25) is 19.4 Å². The van der Waals surface area contributed by atoms with Crippen molar-refractivity contribution in [2.45, 2.75) is 33.3 Å². The minimum atomic E-state index is -0.707. The van der Waals surface area contributed by atoms with E-state index < -0.39 is 11.7 Å². The number of aromatic nitrogens is 5. The lowest BCUT2D eigenvalue weighted by molar-refractivity contribution is 0.0590. The van der Waals surface area contributed by atoms with Crippen LogP contribution >= 0.6 is 0 Å². The van der Waals surface area contributed by atoms with Crippen molar-refractivity contribution in [1.82, 2.24) is 24.7 Å². The Hall–Kier alpha value is -4.01. The predicted octanol–water partition coefficient (Wildman–Crippen LogP) is 3.85. The Bertz CT molecular complexity index is 1340. The fraction of sp³-hybridized carbons (Fsp3) is 0.261. The van der Waals surface area contributed by atoms with E-state index in [1.165, 1.54) is 15.8 Å². The number of benzene rings is 1. The van der Waals surface area contributed by atoms with Crippen molar-refractivity contribution in [1.29, 1.82) is 0 Å². The van der Waals surface area contributed by atoms with Gasteiger partial charge in [0.05, 0.1) is 11.4 Å². The number of amides is 1. The molecule has 0 atom stereocenters. The van der Waals surface area contributed by atoms with Crippen LogP contribution in [0, 0.1) is 6.92 Å². The van der Waals surface area contributed by atoms with Gasteiger partial charge in [-0.15, -0.1) is 0 Å². The highest BCUT2D eigenvalue weighted by Crippen LogP contribution is 2.34. The number of hydrogen-bond acceptors (Lipinski definition) is 6. The van der Waals surface area contributed by atoms with Gasteiger partial charge in [-0.05, 0) is 52.0 Å². The maximum atomic E-state index is 13.9. The Morgan fingerprint density at radius 1 is 1.12 bits per heavy atom. The minimum Gasteiger partial charge on any atom is -0.443 e. The van der Waals surface area contributed by atoms with Gasteiger partial charge in [0.2, 0.25) is 0 Å². The van der Waals surface area contributed by atoms with Gasteiger partial charge in [-0.1, -0.05) is 18.2 Å². The third-order valence-electron chi connectivity index (χ3n) is 4.80. The van der Waals surface area contributed by atoms with Gasteiger partial charge in [0, 0.05) is 18.1 Å². The van der Waals surface area contributed by atoms with E-state index in [4.69, 9.17) is 4.74 Å². The first-order valence-electron chi connectivity index (χ1n) is 10.1. The summed E-state index contributed by atoms with van der Waals surface area (Å²) in [6, 6.07) is 12.9. The molecule has 164 valence electrons. The summed E-state index contributed by atoms with van der Waals surface area (Å²) in [5.41, 5.74) is 1.25. The number of pyridine rings is 2. The number of H-pyrrole nitrogens is 1.